The third-order valence-electron chi connectivity index (χ3n) is 2.62. The van der Waals surface area contributed by atoms with Crippen molar-refractivity contribution in [2.75, 3.05) is 20.2 Å². The molecule has 0 bridgehead atoms. The summed E-state index contributed by atoms with van der Waals surface area (Å²) < 4.78 is 5.42. The molecule has 4 nitrogen and oxygen atoms in total. The van der Waals surface area contributed by atoms with Gasteiger partial charge in [-0.1, -0.05) is 20.8 Å². The van der Waals surface area contributed by atoms with Crippen LogP contribution in [-0.2, 0) is 9.53 Å². The minimum Gasteiger partial charge on any atom is -0.377 e. The normalized spacial score (nSPS) is 13.8. The first kappa shape index (κ1) is 17.4. The molecule has 4 heteroatoms. The minimum atomic E-state index is -0.0639. The fourth-order valence-electron chi connectivity index (χ4n) is 1.79. The maximum atomic E-state index is 11.9. The Hall–Kier alpha value is -0.610. The molecule has 0 aromatic rings. The summed E-state index contributed by atoms with van der Waals surface area (Å²) in [5.74, 6) is 0.0964. The molecule has 1 unspecified atom stereocenters. The topological polar surface area (TPSA) is 55.6 Å². The fourth-order valence-corrected chi connectivity index (χ4v) is 1.79. The minimum absolute atomic E-state index is 0.0639. The Morgan fingerprint density at radius 1 is 1.33 bits per heavy atom. The fraction of sp³-hybridized carbons (Fsp3) is 0.929. The Balaban J connectivity index is 3.93. The molecule has 108 valence electrons. The number of rotatable bonds is 7. The second kappa shape index (κ2) is 7.74. The Bertz CT molecular complexity index is 247. The third-order valence-corrected chi connectivity index (χ3v) is 2.62. The molecular formula is C14H30N2O2. The second-order valence-electron chi connectivity index (χ2n) is 6.46. The van der Waals surface area contributed by atoms with E-state index in [1.54, 1.807) is 11.9 Å². The van der Waals surface area contributed by atoms with Crippen LogP contribution in [-0.4, -0.2) is 43.2 Å². The van der Waals surface area contributed by atoms with E-state index in [0.717, 1.165) is 6.42 Å². The van der Waals surface area contributed by atoms with Gasteiger partial charge in [-0.2, -0.15) is 0 Å². The lowest BCUT2D eigenvalue weighted by molar-refractivity contribution is -0.131. The van der Waals surface area contributed by atoms with Crippen molar-refractivity contribution in [3.05, 3.63) is 0 Å². The number of hydrogen-bond donors (Lipinski definition) is 1. The second-order valence-corrected chi connectivity index (χ2v) is 6.46. The summed E-state index contributed by atoms with van der Waals surface area (Å²) in [5, 5.41) is 0. The molecular weight excluding hydrogens is 228 g/mol. The molecule has 0 rings (SSSR count). The van der Waals surface area contributed by atoms with Crippen LogP contribution in [0.4, 0.5) is 0 Å². The summed E-state index contributed by atoms with van der Waals surface area (Å²) in [6.07, 6.45) is 1.47. The highest BCUT2D eigenvalue weighted by Gasteiger charge is 2.19. The van der Waals surface area contributed by atoms with Gasteiger partial charge in [-0.15, -0.1) is 0 Å². The average Bonchev–Trinajstić information content (AvgIpc) is 2.13. The van der Waals surface area contributed by atoms with Crippen LogP contribution < -0.4 is 5.73 Å². The van der Waals surface area contributed by atoms with Crippen molar-refractivity contribution in [3.8, 4) is 0 Å². The lowest BCUT2D eigenvalue weighted by atomic mass is 9.87. The average molecular weight is 258 g/mol. The quantitative estimate of drug-likeness (QED) is 0.760. The molecule has 0 aromatic heterocycles. The van der Waals surface area contributed by atoms with Crippen molar-refractivity contribution in [2.45, 2.75) is 59.6 Å². The van der Waals surface area contributed by atoms with Crippen molar-refractivity contribution >= 4 is 5.91 Å². The Kier molecular flexibility index (Phi) is 7.48. The van der Waals surface area contributed by atoms with Gasteiger partial charge in [0.25, 0.3) is 0 Å². The smallest absolute Gasteiger partial charge is 0.223 e. The number of likely N-dealkylation sites (N-methyl/N-ethyl adjacent to an activating group) is 1. The first-order chi connectivity index (χ1) is 8.11. The number of nitrogens with zero attached hydrogens (tertiary/aromatic N) is 1. The summed E-state index contributed by atoms with van der Waals surface area (Å²) in [6, 6.07) is -0.0639. The zero-order chi connectivity index (χ0) is 14.3. The maximum Gasteiger partial charge on any atom is 0.223 e. The monoisotopic (exact) mass is 258 g/mol. The first-order valence-electron chi connectivity index (χ1n) is 6.73. The van der Waals surface area contributed by atoms with Gasteiger partial charge in [0, 0.05) is 26.1 Å². The number of carbonyl (C=O) groups is 1. The van der Waals surface area contributed by atoms with Crippen molar-refractivity contribution in [3.63, 3.8) is 0 Å². The van der Waals surface area contributed by atoms with Gasteiger partial charge in [-0.3, -0.25) is 4.79 Å². The number of amides is 1. The molecule has 0 aromatic carbocycles. The lowest BCUT2D eigenvalue weighted by Crippen LogP contribution is -2.37. The van der Waals surface area contributed by atoms with Crippen molar-refractivity contribution in [1.82, 2.24) is 4.90 Å². The van der Waals surface area contributed by atoms with E-state index in [0.29, 0.717) is 19.6 Å². The van der Waals surface area contributed by atoms with Crippen molar-refractivity contribution in [1.29, 1.82) is 0 Å². The number of nitrogens with two attached hydrogens (primary N) is 1. The van der Waals surface area contributed by atoms with E-state index in [9.17, 15) is 4.79 Å². The van der Waals surface area contributed by atoms with E-state index < -0.39 is 0 Å². The molecule has 0 fully saturated rings. The van der Waals surface area contributed by atoms with Crippen LogP contribution in [0.25, 0.3) is 0 Å². The highest BCUT2D eigenvalue weighted by molar-refractivity contribution is 5.76. The van der Waals surface area contributed by atoms with Crippen molar-refractivity contribution < 1.29 is 9.53 Å². The summed E-state index contributed by atoms with van der Waals surface area (Å²) in [4.78, 5) is 13.6. The van der Waals surface area contributed by atoms with Gasteiger partial charge < -0.3 is 15.4 Å². The summed E-state index contributed by atoms with van der Waals surface area (Å²) in [6.45, 7) is 11.6. The molecule has 0 radical (unpaired) electrons. The SMILES string of the molecule is CC(C)OCCN(C)C(=O)CC(N)CC(C)(C)C. The zero-order valence-electron chi connectivity index (χ0n) is 12.8. The molecule has 1 atom stereocenters. The molecule has 0 aliphatic heterocycles. The highest BCUT2D eigenvalue weighted by Crippen LogP contribution is 2.21. The summed E-state index contributed by atoms with van der Waals surface area (Å²) >= 11 is 0. The third kappa shape index (κ3) is 9.42. The first-order valence-corrected chi connectivity index (χ1v) is 6.73. The molecule has 0 saturated carbocycles. The van der Waals surface area contributed by atoms with Gasteiger partial charge in [-0.05, 0) is 25.7 Å². The lowest BCUT2D eigenvalue weighted by Gasteiger charge is -2.25. The van der Waals surface area contributed by atoms with E-state index in [1.807, 2.05) is 13.8 Å². The molecule has 18 heavy (non-hydrogen) atoms. The molecule has 1 amide bonds. The Morgan fingerprint density at radius 3 is 2.33 bits per heavy atom. The number of ether oxygens (including phenoxy) is 1. The Labute approximate surface area is 112 Å². The number of hydrogen-bond acceptors (Lipinski definition) is 3. The highest BCUT2D eigenvalue weighted by atomic mass is 16.5. The molecule has 0 aliphatic rings. The summed E-state index contributed by atoms with van der Waals surface area (Å²) in [7, 11) is 1.80. The standard InChI is InChI=1S/C14H30N2O2/c1-11(2)18-8-7-16(6)13(17)9-12(15)10-14(3,4)5/h11-12H,7-10,15H2,1-6H3. The van der Waals surface area contributed by atoms with Gasteiger partial charge in [0.2, 0.25) is 5.91 Å². The van der Waals surface area contributed by atoms with Gasteiger partial charge in [0.15, 0.2) is 0 Å². The van der Waals surface area contributed by atoms with E-state index in [2.05, 4.69) is 20.8 Å². The van der Waals surface area contributed by atoms with Crippen LogP contribution in [0.15, 0.2) is 0 Å². The van der Waals surface area contributed by atoms with Gasteiger partial charge >= 0.3 is 0 Å². The zero-order valence-corrected chi connectivity index (χ0v) is 12.8. The largest absolute Gasteiger partial charge is 0.377 e. The van der Waals surface area contributed by atoms with Gasteiger partial charge in [0.05, 0.1) is 12.7 Å². The molecule has 2 N–H and O–H groups in total. The molecule has 0 aliphatic carbocycles. The molecule has 0 saturated heterocycles. The predicted octanol–water partition coefficient (Wildman–Crippen LogP) is 2.02. The Morgan fingerprint density at radius 2 is 1.89 bits per heavy atom. The molecule has 0 heterocycles. The van der Waals surface area contributed by atoms with E-state index in [-0.39, 0.29) is 23.5 Å². The van der Waals surface area contributed by atoms with Crippen LogP contribution in [0.1, 0.15) is 47.5 Å². The van der Waals surface area contributed by atoms with Crippen molar-refractivity contribution in [2.24, 2.45) is 11.1 Å². The van der Waals surface area contributed by atoms with E-state index >= 15 is 0 Å². The number of carbonyl (C=O) groups excluding carboxylic acids is 1. The maximum absolute atomic E-state index is 11.9. The van der Waals surface area contributed by atoms with Crippen LogP contribution in [0, 0.1) is 5.41 Å². The van der Waals surface area contributed by atoms with Gasteiger partial charge in [-0.25, -0.2) is 0 Å². The predicted molar refractivity (Wildman–Crippen MR) is 75.4 cm³/mol. The molecule has 0 spiro atoms. The van der Waals surface area contributed by atoms with Crippen LogP contribution in [0.5, 0.6) is 0 Å². The van der Waals surface area contributed by atoms with Crippen LogP contribution in [0.3, 0.4) is 0 Å². The van der Waals surface area contributed by atoms with Crippen LogP contribution >= 0.6 is 0 Å². The van der Waals surface area contributed by atoms with Crippen LogP contribution in [0.2, 0.25) is 0 Å². The van der Waals surface area contributed by atoms with E-state index in [4.69, 9.17) is 10.5 Å². The van der Waals surface area contributed by atoms with Gasteiger partial charge in [0.1, 0.15) is 0 Å². The van der Waals surface area contributed by atoms with E-state index in [1.165, 1.54) is 0 Å². The summed E-state index contributed by atoms with van der Waals surface area (Å²) in [5.41, 5.74) is 6.16.